The van der Waals surface area contributed by atoms with Crippen LogP contribution in [0, 0.1) is 34.5 Å². The molecule has 0 unspecified atom stereocenters. The van der Waals surface area contributed by atoms with Gasteiger partial charge in [0.1, 0.15) is 6.10 Å². The van der Waals surface area contributed by atoms with Crippen molar-refractivity contribution < 1.29 is 9.53 Å². The van der Waals surface area contributed by atoms with Gasteiger partial charge in [0.2, 0.25) is 0 Å². The summed E-state index contributed by atoms with van der Waals surface area (Å²) in [6.45, 7) is 6.70. The maximum Gasteiger partial charge on any atom is 0.302 e. The SMILES string of the molecule is CC(=O)O[C@H]1C[C@@H]2[C@@H]3CC[C@@H]4CCCC[C@]4(C)[C@H]3CC[C@]2(C)C1. The lowest BCUT2D eigenvalue weighted by Gasteiger charge is -2.59. The molecule has 4 saturated carbocycles. The number of carbonyl (C=O) groups is 1. The second-order valence-electron chi connectivity index (χ2n) is 9.77. The summed E-state index contributed by atoms with van der Waals surface area (Å²) in [7, 11) is 0. The summed E-state index contributed by atoms with van der Waals surface area (Å²) < 4.78 is 5.64. The van der Waals surface area contributed by atoms with Crippen molar-refractivity contribution in [2.24, 2.45) is 34.5 Å². The van der Waals surface area contributed by atoms with Crippen molar-refractivity contribution in [2.45, 2.75) is 91.1 Å². The van der Waals surface area contributed by atoms with Crippen LogP contribution in [0.5, 0.6) is 0 Å². The van der Waals surface area contributed by atoms with Crippen molar-refractivity contribution in [3.63, 3.8) is 0 Å². The summed E-state index contributed by atoms with van der Waals surface area (Å²) in [5.74, 6) is 3.54. The monoisotopic (exact) mass is 318 g/mol. The van der Waals surface area contributed by atoms with E-state index in [2.05, 4.69) is 13.8 Å². The van der Waals surface area contributed by atoms with Gasteiger partial charge in [0, 0.05) is 6.92 Å². The van der Waals surface area contributed by atoms with E-state index in [-0.39, 0.29) is 12.1 Å². The van der Waals surface area contributed by atoms with Gasteiger partial charge in [-0.05, 0) is 85.9 Å². The highest BCUT2D eigenvalue weighted by molar-refractivity contribution is 5.66. The predicted octanol–water partition coefficient (Wildman–Crippen LogP) is 5.35. The first-order valence-corrected chi connectivity index (χ1v) is 10.1. The molecule has 0 aromatic rings. The fourth-order valence-corrected chi connectivity index (χ4v) is 7.61. The predicted molar refractivity (Wildman–Crippen MR) is 91.9 cm³/mol. The van der Waals surface area contributed by atoms with Crippen LogP contribution < -0.4 is 0 Å². The Bertz CT molecular complexity index is 486. The smallest absolute Gasteiger partial charge is 0.302 e. The molecule has 0 spiro atoms. The number of hydrogen-bond acceptors (Lipinski definition) is 2. The molecule has 4 aliphatic rings. The van der Waals surface area contributed by atoms with Crippen molar-refractivity contribution in [2.75, 3.05) is 0 Å². The number of fused-ring (bicyclic) bond motifs is 5. The molecule has 0 N–H and O–H groups in total. The molecule has 7 atom stereocenters. The minimum atomic E-state index is -0.0863. The first-order chi connectivity index (χ1) is 10.9. The zero-order chi connectivity index (χ0) is 16.2. The molecule has 0 radical (unpaired) electrons. The third-order valence-electron chi connectivity index (χ3n) is 8.64. The van der Waals surface area contributed by atoms with Crippen LogP contribution in [0.2, 0.25) is 0 Å². The molecule has 0 amide bonds. The minimum Gasteiger partial charge on any atom is -0.463 e. The summed E-state index contributed by atoms with van der Waals surface area (Å²) in [6.07, 6.45) is 14.0. The van der Waals surface area contributed by atoms with Crippen LogP contribution in [0.25, 0.3) is 0 Å². The van der Waals surface area contributed by atoms with Crippen molar-refractivity contribution in [3.05, 3.63) is 0 Å². The third kappa shape index (κ3) is 2.46. The van der Waals surface area contributed by atoms with Crippen LogP contribution in [-0.4, -0.2) is 12.1 Å². The van der Waals surface area contributed by atoms with Crippen molar-refractivity contribution in [1.29, 1.82) is 0 Å². The molecular weight excluding hydrogens is 284 g/mol. The lowest BCUT2D eigenvalue weighted by atomic mass is 9.45. The minimum absolute atomic E-state index is 0.0863. The molecule has 2 heteroatoms. The molecule has 130 valence electrons. The van der Waals surface area contributed by atoms with Gasteiger partial charge in [0.05, 0.1) is 0 Å². The van der Waals surface area contributed by atoms with E-state index in [1.54, 1.807) is 6.92 Å². The molecule has 0 aliphatic heterocycles. The molecule has 0 saturated heterocycles. The number of hydrogen-bond donors (Lipinski definition) is 0. The van der Waals surface area contributed by atoms with Crippen LogP contribution in [-0.2, 0) is 9.53 Å². The van der Waals surface area contributed by atoms with E-state index >= 15 is 0 Å². The van der Waals surface area contributed by atoms with E-state index in [9.17, 15) is 4.79 Å². The Kier molecular flexibility index (Phi) is 3.81. The van der Waals surface area contributed by atoms with Crippen molar-refractivity contribution in [1.82, 2.24) is 0 Å². The third-order valence-corrected chi connectivity index (χ3v) is 8.64. The molecule has 4 fully saturated rings. The largest absolute Gasteiger partial charge is 0.463 e. The molecule has 0 aromatic heterocycles. The lowest BCUT2D eigenvalue weighted by Crippen LogP contribution is -2.51. The Morgan fingerprint density at radius 3 is 2.61 bits per heavy atom. The Morgan fingerprint density at radius 2 is 1.83 bits per heavy atom. The zero-order valence-corrected chi connectivity index (χ0v) is 15.3. The van der Waals surface area contributed by atoms with Gasteiger partial charge in [-0.1, -0.05) is 26.7 Å². The topological polar surface area (TPSA) is 26.3 Å². The lowest BCUT2D eigenvalue weighted by molar-refractivity contribution is -0.146. The average Bonchev–Trinajstić information content (AvgIpc) is 2.81. The molecule has 4 aliphatic carbocycles. The van der Waals surface area contributed by atoms with E-state index in [1.807, 2.05) is 0 Å². The van der Waals surface area contributed by atoms with E-state index < -0.39 is 0 Å². The number of esters is 1. The highest BCUT2D eigenvalue weighted by Crippen LogP contribution is 2.66. The molecular formula is C21H34O2. The standard InChI is InChI=1S/C21H34O2/c1-14(22)23-16-12-19-17-8-7-15-6-4-5-10-21(15,3)18(17)9-11-20(19,2)13-16/h15-19H,4-13H2,1-3H3/t15-,16-,17+,18-,19+,20+,21-/m0/s1. The molecule has 2 nitrogen and oxygen atoms in total. The highest BCUT2D eigenvalue weighted by Gasteiger charge is 2.59. The van der Waals surface area contributed by atoms with Gasteiger partial charge >= 0.3 is 5.97 Å². The molecule has 23 heavy (non-hydrogen) atoms. The van der Waals surface area contributed by atoms with E-state index in [4.69, 9.17) is 4.74 Å². The zero-order valence-electron chi connectivity index (χ0n) is 15.3. The van der Waals surface area contributed by atoms with Crippen molar-refractivity contribution in [3.8, 4) is 0 Å². The molecule has 0 heterocycles. The second-order valence-corrected chi connectivity index (χ2v) is 9.77. The van der Waals surface area contributed by atoms with Gasteiger partial charge in [0.25, 0.3) is 0 Å². The summed E-state index contributed by atoms with van der Waals surface area (Å²) >= 11 is 0. The van der Waals surface area contributed by atoms with Gasteiger partial charge in [-0.3, -0.25) is 4.79 Å². The van der Waals surface area contributed by atoms with Gasteiger partial charge in [-0.2, -0.15) is 0 Å². The van der Waals surface area contributed by atoms with E-state index in [0.717, 1.165) is 36.5 Å². The van der Waals surface area contributed by atoms with Gasteiger partial charge < -0.3 is 4.74 Å². The summed E-state index contributed by atoms with van der Waals surface area (Å²) in [4.78, 5) is 11.4. The quantitative estimate of drug-likeness (QED) is 0.609. The van der Waals surface area contributed by atoms with Crippen LogP contribution in [0.4, 0.5) is 0 Å². The van der Waals surface area contributed by atoms with Crippen LogP contribution >= 0.6 is 0 Å². The van der Waals surface area contributed by atoms with Gasteiger partial charge in [0.15, 0.2) is 0 Å². The van der Waals surface area contributed by atoms with Gasteiger partial charge in [-0.25, -0.2) is 0 Å². The normalized spacial score (nSPS) is 52.2. The average molecular weight is 319 g/mol. The second kappa shape index (κ2) is 5.49. The van der Waals surface area contributed by atoms with E-state index in [0.29, 0.717) is 10.8 Å². The summed E-state index contributed by atoms with van der Waals surface area (Å²) in [5, 5.41) is 0. The Morgan fingerprint density at radius 1 is 1.00 bits per heavy atom. The van der Waals surface area contributed by atoms with E-state index in [1.165, 1.54) is 51.4 Å². The van der Waals surface area contributed by atoms with Crippen molar-refractivity contribution >= 4 is 5.97 Å². The summed E-state index contributed by atoms with van der Waals surface area (Å²) in [5.41, 5.74) is 1.04. The van der Waals surface area contributed by atoms with Crippen LogP contribution in [0.1, 0.15) is 85.0 Å². The Labute approximate surface area is 141 Å². The molecule has 0 bridgehead atoms. The number of rotatable bonds is 1. The van der Waals surface area contributed by atoms with Crippen LogP contribution in [0.15, 0.2) is 0 Å². The number of carbonyl (C=O) groups excluding carboxylic acids is 1. The van der Waals surface area contributed by atoms with Gasteiger partial charge in [-0.15, -0.1) is 0 Å². The van der Waals surface area contributed by atoms with Crippen LogP contribution in [0.3, 0.4) is 0 Å². The first-order valence-electron chi connectivity index (χ1n) is 10.1. The number of ether oxygens (including phenoxy) is 1. The fraction of sp³-hybridized carbons (Fsp3) is 0.952. The fourth-order valence-electron chi connectivity index (χ4n) is 7.61. The Hall–Kier alpha value is -0.530. The highest BCUT2D eigenvalue weighted by atomic mass is 16.5. The maximum absolute atomic E-state index is 11.4. The summed E-state index contributed by atoms with van der Waals surface area (Å²) in [6, 6.07) is 0. The Balaban J connectivity index is 1.57. The molecule has 0 aromatic carbocycles. The first kappa shape index (κ1) is 16.0. The maximum atomic E-state index is 11.4. The molecule has 4 rings (SSSR count).